The molecule has 0 N–H and O–H groups in total. The van der Waals surface area contributed by atoms with Crippen LogP contribution >= 0.6 is 0 Å². The predicted octanol–water partition coefficient (Wildman–Crippen LogP) is 7.86. The maximum absolute atomic E-state index is 12.0. The lowest BCUT2D eigenvalue weighted by Crippen LogP contribution is -2.53. The molecule has 0 aromatic heterocycles. The molecule has 0 spiro atoms. The lowest BCUT2D eigenvalue weighted by Gasteiger charge is -2.38. The van der Waals surface area contributed by atoms with Crippen molar-refractivity contribution in [3.8, 4) is 0 Å². The van der Waals surface area contributed by atoms with Crippen LogP contribution in [0.25, 0.3) is 0 Å². The standard InChI is InChI=1S/C27H55NO3S/c1-3-5-7-9-10-11-12-13-14-15-16-17-18-19-20-21-23-28-25-27(26-28)31-32(29,30)24-22-8-6-4-2/h27H,3-26H2,1-2H3. The van der Waals surface area contributed by atoms with Crippen LogP contribution in [0.5, 0.6) is 0 Å². The van der Waals surface area contributed by atoms with Crippen LogP contribution in [0, 0.1) is 0 Å². The predicted molar refractivity (Wildman–Crippen MR) is 139 cm³/mol. The summed E-state index contributed by atoms with van der Waals surface area (Å²) in [5.74, 6) is 0.183. The molecular weight excluding hydrogens is 418 g/mol. The van der Waals surface area contributed by atoms with Crippen molar-refractivity contribution in [3.05, 3.63) is 0 Å². The minimum absolute atomic E-state index is 0.104. The molecule has 0 amide bonds. The third kappa shape index (κ3) is 17.4. The van der Waals surface area contributed by atoms with Crippen LogP contribution in [-0.2, 0) is 14.3 Å². The van der Waals surface area contributed by atoms with Crippen LogP contribution in [0.4, 0.5) is 0 Å². The van der Waals surface area contributed by atoms with Crippen LogP contribution < -0.4 is 0 Å². The van der Waals surface area contributed by atoms with Gasteiger partial charge in [0.2, 0.25) is 0 Å². The van der Waals surface area contributed by atoms with Crippen molar-refractivity contribution in [1.82, 2.24) is 4.90 Å². The number of hydrogen-bond donors (Lipinski definition) is 0. The van der Waals surface area contributed by atoms with Crippen molar-refractivity contribution in [2.24, 2.45) is 0 Å². The van der Waals surface area contributed by atoms with Gasteiger partial charge in [-0.3, -0.25) is 9.08 Å². The topological polar surface area (TPSA) is 46.6 Å². The Kier molecular flexibility index (Phi) is 18.9. The molecule has 1 aliphatic heterocycles. The molecule has 0 unspecified atom stereocenters. The molecule has 1 rings (SSSR count). The second-order valence-electron chi connectivity index (χ2n) is 10.1. The minimum atomic E-state index is -3.32. The quantitative estimate of drug-likeness (QED) is 0.106. The second-order valence-corrected chi connectivity index (χ2v) is 11.8. The molecular formula is C27H55NO3S. The van der Waals surface area contributed by atoms with Gasteiger partial charge in [0.25, 0.3) is 10.1 Å². The second kappa shape index (κ2) is 20.3. The van der Waals surface area contributed by atoms with E-state index in [1.165, 1.54) is 103 Å². The smallest absolute Gasteiger partial charge is 0.267 e. The summed E-state index contributed by atoms with van der Waals surface area (Å²) in [5, 5.41) is 0. The summed E-state index contributed by atoms with van der Waals surface area (Å²) in [6.07, 6.45) is 26.2. The Labute approximate surface area is 201 Å². The fourth-order valence-corrected chi connectivity index (χ4v) is 5.80. The van der Waals surface area contributed by atoms with Gasteiger partial charge < -0.3 is 0 Å². The average molecular weight is 474 g/mol. The first-order valence-electron chi connectivity index (χ1n) is 14.2. The maximum atomic E-state index is 12.0. The van der Waals surface area contributed by atoms with Crippen molar-refractivity contribution in [2.75, 3.05) is 25.4 Å². The number of rotatable bonds is 24. The molecule has 1 fully saturated rings. The van der Waals surface area contributed by atoms with Gasteiger partial charge in [0, 0.05) is 13.1 Å². The van der Waals surface area contributed by atoms with E-state index in [0.717, 1.165) is 45.3 Å². The molecule has 5 heteroatoms. The molecule has 0 aromatic rings. The third-order valence-electron chi connectivity index (χ3n) is 6.78. The highest BCUT2D eigenvalue weighted by Crippen LogP contribution is 2.18. The summed E-state index contributed by atoms with van der Waals surface area (Å²) in [5.41, 5.74) is 0. The fraction of sp³-hybridized carbons (Fsp3) is 1.00. The lowest BCUT2D eigenvalue weighted by molar-refractivity contribution is 0.0234. The van der Waals surface area contributed by atoms with Crippen molar-refractivity contribution in [3.63, 3.8) is 0 Å². The molecule has 192 valence electrons. The van der Waals surface area contributed by atoms with E-state index in [1.54, 1.807) is 0 Å². The highest BCUT2D eigenvalue weighted by molar-refractivity contribution is 7.86. The zero-order valence-electron chi connectivity index (χ0n) is 21.6. The first kappa shape index (κ1) is 29.9. The summed E-state index contributed by atoms with van der Waals surface area (Å²) >= 11 is 0. The SMILES string of the molecule is CCCCCCCCCCCCCCCCCCN1CC(OS(=O)(=O)CCCCCC)C1. The molecule has 0 aliphatic carbocycles. The third-order valence-corrected chi connectivity index (χ3v) is 8.14. The van der Waals surface area contributed by atoms with Gasteiger partial charge in [0.05, 0.1) is 5.75 Å². The Bertz CT molecular complexity index is 503. The van der Waals surface area contributed by atoms with Crippen LogP contribution in [0.3, 0.4) is 0 Å². The Morgan fingerprint density at radius 2 is 0.969 bits per heavy atom. The van der Waals surface area contributed by atoms with Crippen LogP contribution in [0.15, 0.2) is 0 Å². The van der Waals surface area contributed by atoms with E-state index in [0.29, 0.717) is 0 Å². The molecule has 32 heavy (non-hydrogen) atoms. The van der Waals surface area contributed by atoms with Crippen molar-refractivity contribution >= 4 is 10.1 Å². The molecule has 4 nitrogen and oxygen atoms in total. The monoisotopic (exact) mass is 473 g/mol. The Hall–Kier alpha value is -0.130. The Morgan fingerprint density at radius 1 is 0.594 bits per heavy atom. The number of unbranched alkanes of at least 4 members (excludes halogenated alkanes) is 18. The largest absolute Gasteiger partial charge is 0.298 e. The van der Waals surface area contributed by atoms with Crippen molar-refractivity contribution < 1.29 is 12.6 Å². The molecule has 0 aromatic carbocycles. The van der Waals surface area contributed by atoms with E-state index < -0.39 is 10.1 Å². The van der Waals surface area contributed by atoms with E-state index in [4.69, 9.17) is 4.18 Å². The van der Waals surface area contributed by atoms with Crippen LogP contribution in [0.2, 0.25) is 0 Å². The summed E-state index contributed by atoms with van der Waals surface area (Å²) < 4.78 is 29.3. The highest BCUT2D eigenvalue weighted by atomic mass is 32.2. The van der Waals surface area contributed by atoms with Gasteiger partial charge in [-0.25, -0.2) is 0 Å². The highest BCUT2D eigenvalue weighted by Gasteiger charge is 2.30. The van der Waals surface area contributed by atoms with E-state index in [2.05, 4.69) is 18.7 Å². The van der Waals surface area contributed by atoms with E-state index >= 15 is 0 Å². The summed E-state index contributed by atoms with van der Waals surface area (Å²) in [6, 6.07) is 0. The molecule has 0 saturated carbocycles. The number of hydrogen-bond acceptors (Lipinski definition) is 4. The first-order valence-corrected chi connectivity index (χ1v) is 15.8. The van der Waals surface area contributed by atoms with Gasteiger partial charge in [-0.1, -0.05) is 129 Å². The summed E-state index contributed by atoms with van der Waals surface area (Å²) in [7, 11) is -3.32. The van der Waals surface area contributed by atoms with E-state index in [1.807, 2.05) is 0 Å². The number of nitrogens with zero attached hydrogens (tertiary/aromatic N) is 1. The Morgan fingerprint density at radius 3 is 1.41 bits per heavy atom. The average Bonchev–Trinajstić information content (AvgIpc) is 2.74. The van der Waals surface area contributed by atoms with Gasteiger partial charge in [-0.2, -0.15) is 8.42 Å². The lowest BCUT2D eigenvalue weighted by atomic mass is 10.0. The summed E-state index contributed by atoms with van der Waals surface area (Å²) in [4.78, 5) is 2.33. The van der Waals surface area contributed by atoms with Crippen molar-refractivity contribution in [1.29, 1.82) is 0 Å². The van der Waals surface area contributed by atoms with Crippen LogP contribution in [-0.4, -0.2) is 44.8 Å². The molecule has 1 aliphatic rings. The minimum Gasteiger partial charge on any atom is -0.298 e. The zero-order valence-corrected chi connectivity index (χ0v) is 22.4. The molecule has 0 radical (unpaired) electrons. The van der Waals surface area contributed by atoms with E-state index in [9.17, 15) is 8.42 Å². The molecule has 0 bridgehead atoms. The van der Waals surface area contributed by atoms with Crippen LogP contribution in [0.1, 0.15) is 142 Å². The Balaban J connectivity index is 1.79. The normalized spacial score (nSPS) is 15.3. The van der Waals surface area contributed by atoms with Gasteiger partial charge in [-0.15, -0.1) is 0 Å². The number of likely N-dealkylation sites (tertiary alicyclic amines) is 1. The van der Waals surface area contributed by atoms with Crippen molar-refractivity contribution in [2.45, 2.75) is 148 Å². The van der Waals surface area contributed by atoms with Gasteiger partial charge in [-0.05, 0) is 19.4 Å². The van der Waals surface area contributed by atoms with Gasteiger partial charge in [0.1, 0.15) is 6.10 Å². The molecule has 1 heterocycles. The van der Waals surface area contributed by atoms with Gasteiger partial charge >= 0.3 is 0 Å². The summed E-state index contributed by atoms with van der Waals surface area (Å²) in [6.45, 7) is 7.08. The van der Waals surface area contributed by atoms with Gasteiger partial charge in [0.15, 0.2) is 0 Å². The van der Waals surface area contributed by atoms with E-state index in [-0.39, 0.29) is 11.9 Å². The first-order chi connectivity index (χ1) is 15.6. The molecule has 0 atom stereocenters. The molecule has 1 saturated heterocycles. The fourth-order valence-electron chi connectivity index (χ4n) is 4.61. The maximum Gasteiger partial charge on any atom is 0.267 e. The zero-order chi connectivity index (χ0) is 23.3.